The van der Waals surface area contributed by atoms with Gasteiger partial charge in [0.05, 0.1) is 0 Å². The Kier molecular flexibility index (Phi) is 3.65. The summed E-state index contributed by atoms with van der Waals surface area (Å²) in [5.41, 5.74) is 0.831. The number of nitrogens with zero attached hydrogens (tertiary/aromatic N) is 1. The predicted molar refractivity (Wildman–Crippen MR) is 79.3 cm³/mol. The van der Waals surface area contributed by atoms with E-state index >= 15 is 0 Å². The molecule has 112 valence electrons. The molecule has 21 heavy (non-hydrogen) atoms. The van der Waals surface area contributed by atoms with Gasteiger partial charge in [-0.15, -0.1) is 0 Å². The fourth-order valence-electron chi connectivity index (χ4n) is 2.73. The highest BCUT2D eigenvalue weighted by atomic mass is 79.9. The van der Waals surface area contributed by atoms with E-state index in [0.717, 1.165) is 22.9 Å². The SMILES string of the molecule is CC(C(=O)O)N(C(=O)C1COc2ccc(Br)cc21)C1CC1. The summed E-state index contributed by atoms with van der Waals surface area (Å²) in [6.07, 6.45) is 1.75. The second-order valence-corrected chi connectivity index (χ2v) is 6.45. The molecule has 1 aromatic carbocycles. The Hall–Kier alpha value is -1.56. The quantitative estimate of drug-likeness (QED) is 0.902. The van der Waals surface area contributed by atoms with Crippen LogP contribution in [0.2, 0.25) is 0 Å². The van der Waals surface area contributed by atoms with Crippen molar-refractivity contribution in [2.75, 3.05) is 6.61 Å². The molecule has 2 unspecified atom stereocenters. The average Bonchev–Trinajstić information content (AvgIpc) is 3.17. The number of halogens is 1. The topological polar surface area (TPSA) is 66.8 Å². The Morgan fingerprint density at radius 3 is 2.76 bits per heavy atom. The van der Waals surface area contributed by atoms with Gasteiger partial charge < -0.3 is 14.7 Å². The van der Waals surface area contributed by atoms with Crippen LogP contribution in [-0.4, -0.2) is 40.6 Å². The maximum absolute atomic E-state index is 12.8. The van der Waals surface area contributed by atoms with E-state index in [1.807, 2.05) is 18.2 Å². The van der Waals surface area contributed by atoms with Gasteiger partial charge in [0.2, 0.25) is 5.91 Å². The molecule has 1 N–H and O–H groups in total. The van der Waals surface area contributed by atoms with E-state index in [4.69, 9.17) is 4.74 Å². The summed E-state index contributed by atoms with van der Waals surface area (Å²) in [5, 5.41) is 9.23. The Balaban J connectivity index is 1.88. The van der Waals surface area contributed by atoms with Gasteiger partial charge in [-0.05, 0) is 38.0 Å². The molecule has 0 aromatic heterocycles. The van der Waals surface area contributed by atoms with Gasteiger partial charge in [-0.3, -0.25) is 4.79 Å². The van der Waals surface area contributed by atoms with Crippen molar-refractivity contribution < 1.29 is 19.4 Å². The molecule has 0 radical (unpaired) electrons. The Morgan fingerprint density at radius 2 is 2.14 bits per heavy atom. The zero-order valence-electron chi connectivity index (χ0n) is 11.6. The number of carbonyl (C=O) groups excluding carboxylic acids is 1. The molecule has 0 bridgehead atoms. The van der Waals surface area contributed by atoms with Gasteiger partial charge in [-0.2, -0.15) is 0 Å². The summed E-state index contributed by atoms with van der Waals surface area (Å²) in [7, 11) is 0. The molecular formula is C15H16BrNO4. The highest BCUT2D eigenvalue weighted by Crippen LogP contribution is 2.39. The fourth-order valence-corrected chi connectivity index (χ4v) is 3.11. The molecule has 6 heteroatoms. The second-order valence-electron chi connectivity index (χ2n) is 5.54. The van der Waals surface area contributed by atoms with E-state index in [9.17, 15) is 14.7 Å². The summed E-state index contributed by atoms with van der Waals surface area (Å²) in [6.45, 7) is 1.84. The van der Waals surface area contributed by atoms with Crippen molar-refractivity contribution in [3.05, 3.63) is 28.2 Å². The van der Waals surface area contributed by atoms with Crippen molar-refractivity contribution in [2.45, 2.75) is 37.8 Å². The highest BCUT2D eigenvalue weighted by molar-refractivity contribution is 9.10. The lowest BCUT2D eigenvalue weighted by Gasteiger charge is -2.28. The molecule has 1 heterocycles. The van der Waals surface area contributed by atoms with Crippen LogP contribution in [0.4, 0.5) is 0 Å². The number of carbonyl (C=O) groups is 2. The van der Waals surface area contributed by atoms with Gasteiger partial charge >= 0.3 is 5.97 Å². The molecular weight excluding hydrogens is 338 g/mol. The normalized spacial score (nSPS) is 21.3. The van der Waals surface area contributed by atoms with E-state index in [1.54, 1.807) is 6.92 Å². The zero-order chi connectivity index (χ0) is 15.1. The highest BCUT2D eigenvalue weighted by Gasteiger charge is 2.43. The van der Waals surface area contributed by atoms with Gasteiger partial charge in [-0.1, -0.05) is 15.9 Å². The minimum Gasteiger partial charge on any atom is -0.492 e. The molecule has 3 rings (SSSR count). The van der Waals surface area contributed by atoms with Crippen LogP contribution in [-0.2, 0) is 9.59 Å². The number of benzene rings is 1. The lowest BCUT2D eigenvalue weighted by molar-refractivity contribution is -0.150. The Labute approximate surface area is 131 Å². The lowest BCUT2D eigenvalue weighted by atomic mass is 9.99. The Morgan fingerprint density at radius 1 is 1.43 bits per heavy atom. The van der Waals surface area contributed by atoms with Gasteiger partial charge in [0, 0.05) is 16.1 Å². The summed E-state index contributed by atoms with van der Waals surface area (Å²) < 4.78 is 6.45. The van der Waals surface area contributed by atoms with Crippen molar-refractivity contribution in [2.24, 2.45) is 0 Å². The minimum absolute atomic E-state index is 0.0554. The number of hydrogen-bond donors (Lipinski definition) is 1. The summed E-state index contributed by atoms with van der Waals surface area (Å²) in [4.78, 5) is 25.6. The van der Waals surface area contributed by atoms with Crippen LogP contribution in [0.3, 0.4) is 0 Å². The van der Waals surface area contributed by atoms with E-state index in [2.05, 4.69) is 15.9 Å². The van der Waals surface area contributed by atoms with Crippen LogP contribution in [0.1, 0.15) is 31.2 Å². The monoisotopic (exact) mass is 353 g/mol. The maximum atomic E-state index is 12.8. The zero-order valence-corrected chi connectivity index (χ0v) is 13.2. The first-order valence-electron chi connectivity index (χ1n) is 6.96. The molecule has 1 aliphatic carbocycles. The number of amides is 1. The molecule has 1 amide bonds. The summed E-state index contributed by atoms with van der Waals surface area (Å²) in [6, 6.07) is 4.82. The van der Waals surface area contributed by atoms with E-state index in [-0.39, 0.29) is 18.6 Å². The number of carboxylic acid groups (broad SMARTS) is 1. The van der Waals surface area contributed by atoms with E-state index < -0.39 is 17.9 Å². The molecule has 2 atom stereocenters. The molecule has 1 fully saturated rings. The van der Waals surface area contributed by atoms with E-state index in [1.165, 1.54) is 4.90 Å². The number of aliphatic carboxylic acids is 1. The molecule has 0 spiro atoms. The van der Waals surface area contributed by atoms with Crippen LogP contribution in [0.15, 0.2) is 22.7 Å². The molecule has 1 aromatic rings. The van der Waals surface area contributed by atoms with Gasteiger partial charge in [0.15, 0.2) is 0 Å². The van der Waals surface area contributed by atoms with Crippen LogP contribution < -0.4 is 4.74 Å². The third kappa shape index (κ3) is 2.64. The first-order chi connectivity index (χ1) is 9.99. The summed E-state index contributed by atoms with van der Waals surface area (Å²) in [5.74, 6) is -0.831. The van der Waals surface area contributed by atoms with Gasteiger partial charge in [0.1, 0.15) is 24.3 Å². The van der Waals surface area contributed by atoms with Crippen molar-refractivity contribution in [1.29, 1.82) is 0 Å². The number of carboxylic acids is 1. The van der Waals surface area contributed by atoms with Crippen LogP contribution in [0.5, 0.6) is 5.75 Å². The smallest absolute Gasteiger partial charge is 0.326 e. The molecule has 5 nitrogen and oxygen atoms in total. The first kappa shape index (κ1) is 14.4. The Bertz CT molecular complexity index is 599. The number of fused-ring (bicyclic) bond motifs is 1. The van der Waals surface area contributed by atoms with Gasteiger partial charge in [-0.25, -0.2) is 4.79 Å². The van der Waals surface area contributed by atoms with Crippen molar-refractivity contribution >= 4 is 27.8 Å². The van der Waals surface area contributed by atoms with Crippen molar-refractivity contribution in [1.82, 2.24) is 4.90 Å². The molecule has 1 saturated carbocycles. The van der Waals surface area contributed by atoms with Gasteiger partial charge in [0.25, 0.3) is 0 Å². The van der Waals surface area contributed by atoms with Crippen molar-refractivity contribution in [3.8, 4) is 5.75 Å². The van der Waals surface area contributed by atoms with E-state index in [0.29, 0.717) is 5.75 Å². The number of hydrogen-bond acceptors (Lipinski definition) is 3. The molecule has 0 saturated heterocycles. The number of ether oxygens (including phenoxy) is 1. The van der Waals surface area contributed by atoms with Crippen LogP contribution >= 0.6 is 15.9 Å². The average molecular weight is 354 g/mol. The standard InChI is InChI=1S/C15H16BrNO4/c1-8(15(19)20)17(10-3-4-10)14(18)12-7-21-13-5-2-9(16)6-11(12)13/h2,5-6,8,10,12H,3-4,7H2,1H3,(H,19,20). The second kappa shape index (κ2) is 5.33. The maximum Gasteiger partial charge on any atom is 0.326 e. The predicted octanol–water partition coefficient (Wildman–Crippen LogP) is 2.39. The summed E-state index contributed by atoms with van der Waals surface area (Å²) >= 11 is 3.40. The van der Waals surface area contributed by atoms with Crippen molar-refractivity contribution in [3.63, 3.8) is 0 Å². The number of rotatable bonds is 4. The van der Waals surface area contributed by atoms with Crippen LogP contribution in [0.25, 0.3) is 0 Å². The third-order valence-corrected chi connectivity index (χ3v) is 4.51. The van der Waals surface area contributed by atoms with Crippen LogP contribution in [0, 0.1) is 0 Å². The molecule has 2 aliphatic rings. The lowest BCUT2D eigenvalue weighted by Crippen LogP contribution is -2.47. The minimum atomic E-state index is -0.969. The third-order valence-electron chi connectivity index (χ3n) is 4.02. The molecule has 1 aliphatic heterocycles. The largest absolute Gasteiger partial charge is 0.492 e. The first-order valence-corrected chi connectivity index (χ1v) is 7.75. The fraction of sp³-hybridized carbons (Fsp3) is 0.467.